The van der Waals surface area contributed by atoms with Crippen LogP contribution in [0.3, 0.4) is 0 Å². The second kappa shape index (κ2) is 4.99. The van der Waals surface area contributed by atoms with E-state index in [1.807, 2.05) is 0 Å². The number of aliphatic carboxylic acids is 1. The fraction of sp³-hybridized carbons (Fsp3) is 0.188. The number of ether oxygens (including phenoxy) is 1. The molecule has 1 unspecified atom stereocenters. The van der Waals surface area contributed by atoms with E-state index in [0.717, 1.165) is 6.07 Å². The predicted molar refractivity (Wildman–Crippen MR) is 74.1 cm³/mol. The Morgan fingerprint density at radius 2 is 1.74 bits per heavy atom. The van der Waals surface area contributed by atoms with Gasteiger partial charge in [-0.1, -0.05) is 30.3 Å². The van der Waals surface area contributed by atoms with E-state index in [9.17, 15) is 23.1 Å². The summed E-state index contributed by atoms with van der Waals surface area (Å²) in [6.07, 6.45) is -4.93. The second-order valence-corrected chi connectivity index (χ2v) is 5.14. The lowest BCUT2D eigenvalue weighted by molar-refractivity contribution is -0.246. The van der Waals surface area contributed by atoms with Gasteiger partial charge >= 0.3 is 12.1 Å². The molecule has 120 valence electrons. The average Bonchev–Trinajstić information content (AvgIpc) is 2.76. The van der Waals surface area contributed by atoms with Crippen LogP contribution in [0.2, 0.25) is 0 Å². The fourth-order valence-electron chi connectivity index (χ4n) is 2.78. The lowest BCUT2D eigenvalue weighted by Crippen LogP contribution is -2.41. The van der Waals surface area contributed by atoms with E-state index in [0.29, 0.717) is 0 Å². The summed E-state index contributed by atoms with van der Waals surface area (Å²) in [7, 11) is 0. The Bertz CT molecular complexity index is 785. The van der Waals surface area contributed by atoms with Gasteiger partial charge in [-0.05, 0) is 23.3 Å². The average molecular weight is 324 g/mol. The Hall–Kier alpha value is -2.54. The number of fused-ring (bicyclic) bond motifs is 3. The van der Waals surface area contributed by atoms with Crippen molar-refractivity contribution in [3.05, 3.63) is 53.6 Å². The zero-order valence-corrected chi connectivity index (χ0v) is 11.6. The third-order valence-corrected chi connectivity index (χ3v) is 3.76. The molecule has 0 saturated heterocycles. The number of benzene rings is 2. The number of rotatable bonds is 3. The molecular formula is C16H11F3O4. The molecule has 2 aromatic rings. The van der Waals surface area contributed by atoms with Crippen LogP contribution < -0.4 is 4.74 Å². The molecule has 2 N–H and O–H groups in total. The van der Waals surface area contributed by atoms with Crippen LogP contribution in [-0.4, -0.2) is 29.0 Å². The molecule has 0 aromatic heterocycles. The fourth-order valence-corrected chi connectivity index (χ4v) is 2.78. The first-order chi connectivity index (χ1) is 10.7. The Labute approximate surface area is 128 Å². The quantitative estimate of drug-likeness (QED) is 0.911. The third kappa shape index (κ3) is 2.24. The number of hydrogen-bond acceptors (Lipinski definition) is 3. The highest BCUT2D eigenvalue weighted by atomic mass is 19.4. The van der Waals surface area contributed by atoms with Crippen molar-refractivity contribution in [2.45, 2.75) is 11.8 Å². The molecule has 4 nitrogen and oxygen atoms in total. The molecule has 0 heterocycles. The first-order valence-electron chi connectivity index (χ1n) is 6.63. The molecule has 0 bridgehead atoms. The van der Waals surface area contributed by atoms with E-state index in [-0.39, 0.29) is 28.0 Å². The summed E-state index contributed by atoms with van der Waals surface area (Å²) in [5.74, 6) is -1.30. The number of alkyl halides is 3. The van der Waals surface area contributed by atoms with Gasteiger partial charge in [0.25, 0.3) is 0 Å². The lowest BCUT2D eigenvalue weighted by Gasteiger charge is -2.28. The van der Waals surface area contributed by atoms with Gasteiger partial charge in [-0.25, -0.2) is 4.79 Å². The standard InChI is InChI=1S/C16H11F3O4/c17-16(18,19)15(22)12-4-2-1-3-10(12)11-6-5-9(7-13(11)15)23-8-14(20)21/h1-7,22H,8H2,(H,20,21). The number of aliphatic hydroxyl groups is 1. The Morgan fingerprint density at radius 1 is 1.09 bits per heavy atom. The summed E-state index contributed by atoms with van der Waals surface area (Å²) in [5.41, 5.74) is -3.25. The van der Waals surface area contributed by atoms with Crippen molar-refractivity contribution in [2.24, 2.45) is 0 Å². The molecule has 0 amide bonds. The van der Waals surface area contributed by atoms with E-state index < -0.39 is 24.4 Å². The SMILES string of the molecule is O=C(O)COc1ccc2c(c1)C(O)(C(F)(F)F)c1ccccc1-2. The van der Waals surface area contributed by atoms with E-state index in [1.54, 1.807) is 6.07 Å². The van der Waals surface area contributed by atoms with Gasteiger partial charge in [0.05, 0.1) is 0 Å². The molecule has 0 saturated carbocycles. The van der Waals surface area contributed by atoms with Gasteiger partial charge in [0.2, 0.25) is 5.60 Å². The maximum atomic E-state index is 13.6. The zero-order chi connectivity index (χ0) is 16.8. The van der Waals surface area contributed by atoms with E-state index in [1.165, 1.54) is 30.3 Å². The highest BCUT2D eigenvalue weighted by Gasteiger charge is 2.60. The topological polar surface area (TPSA) is 66.8 Å². The van der Waals surface area contributed by atoms with Crippen molar-refractivity contribution in [3.63, 3.8) is 0 Å². The van der Waals surface area contributed by atoms with Crippen molar-refractivity contribution in [1.82, 2.24) is 0 Å². The highest BCUT2D eigenvalue weighted by Crippen LogP contribution is 2.55. The maximum Gasteiger partial charge on any atom is 0.425 e. The second-order valence-electron chi connectivity index (χ2n) is 5.14. The van der Waals surface area contributed by atoms with E-state index in [2.05, 4.69) is 0 Å². The molecule has 0 aliphatic heterocycles. The van der Waals surface area contributed by atoms with Gasteiger partial charge in [-0.2, -0.15) is 13.2 Å². The number of carboxylic acids is 1. The minimum absolute atomic E-state index is 0.0540. The molecule has 0 spiro atoms. The van der Waals surface area contributed by atoms with Crippen LogP contribution >= 0.6 is 0 Å². The van der Waals surface area contributed by atoms with Crippen molar-refractivity contribution < 1.29 is 32.9 Å². The normalized spacial score (nSPS) is 19.1. The third-order valence-electron chi connectivity index (χ3n) is 3.76. The number of halogens is 3. The van der Waals surface area contributed by atoms with E-state index >= 15 is 0 Å². The first kappa shape index (κ1) is 15.4. The summed E-state index contributed by atoms with van der Waals surface area (Å²) >= 11 is 0. The molecule has 3 rings (SSSR count). The first-order valence-corrected chi connectivity index (χ1v) is 6.63. The van der Waals surface area contributed by atoms with Crippen LogP contribution in [0.25, 0.3) is 11.1 Å². The summed E-state index contributed by atoms with van der Waals surface area (Å²) in [4.78, 5) is 10.5. The summed E-state index contributed by atoms with van der Waals surface area (Å²) < 4.78 is 45.6. The van der Waals surface area contributed by atoms with Crippen LogP contribution in [0.5, 0.6) is 5.75 Å². The molecule has 1 aliphatic carbocycles. The Kier molecular flexibility index (Phi) is 3.33. The van der Waals surface area contributed by atoms with E-state index in [4.69, 9.17) is 9.84 Å². The van der Waals surface area contributed by atoms with Crippen molar-refractivity contribution in [1.29, 1.82) is 0 Å². The molecule has 1 atom stereocenters. The number of carboxylic acid groups (broad SMARTS) is 1. The largest absolute Gasteiger partial charge is 0.482 e. The van der Waals surface area contributed by atoms with Crippen LogP contribution in [0.4, 0.5) is 13.2 Å². The van der Waals surface area contributed by atoms with Gasteiger partial charge in [0.1, 0.15) is 5.75 Å². The molecule has 23 heavy (non-hydrogen) atoms. The Morgan fingerprint density at radius 3 is 2.39 bits per heavy atom. The summed E-state index contributed by atoms with van der Waals surface area (Å²) in [5, 5.41) is 19.0. The highest BCUT2D eigenvalue weighted by molar-refractivity contribution is 5.81. The smallest absolute Gasteiger partial charge is 0.425 e. The molecule has 7 heteroatoms. The van der Waals surface area contributed by atoms with Gasteiger partial charge in [0.15, 0.2) is 6.61 Å². The van der Waals surface area contributed by atoms with Crippen LogP contribution in [-0.2, 0) is 10.4 Å². The van der Waals surface area contributed by atoms with Crippen molar-refractivity contribution in [3.8, 4) is 16.9 Å². The van der Waals surface area contributed by atoms with Crippen LogP contribution in [0.1, 0.15) is 11.1 Å². The van der Waals surface area contributed by atoms with Crippen LogP contribution in [0, 0.1) is 0 Å². The van der Waals surface area contributed by atoms with Gasteiger partial charge in [-0.3, -0.25) is 0 Å². The molecule has 0 fully saturated rings. The van der Waals surface area contributed by atoms with Gasteiger partial charge in [0, 0.05) is 11.1 Å². The van der Waals surface area contributed by atoms with Crippen LogP contribution in [0.15, 0.2) is 42.5 Å². The monoisotopic (exact) mass is 324 g/mol. The lowest BCUT2D eigenvalue weighted by atomic mass is 9.91. The number of hydrogen-bond donors (Lipinski definition) is 2. The molecule has 0 radical (unpaired) electrons. The minimum atomic E-state index is -4.93. The molecule has 2 aromatic carbocycles. The number of carbonyl (C=O) groups is 1. The predicted octanol–water partition coefficient (Wildman–Crippen LogP) is 2.93. The maximum absolute atomic E-state index is 13.6. The van der Waals surface area contributed by atoms with Crippen molar-refractivity contribution >= 4 is 5.97 Å². The summed E-state index contributed by atoms with van der Waals surface area (Å²) in [6.45, 7) is -0.684. The van der Waals surface area contributed by atoms with Gasteiger partial charge in [-0.15, -0.1) is 0 Å². The molecular weight excluding hydrogens is 313 g/mol. The summed E-state index contributed by atoms with van der Waals surface area (Å²) in [6, 6.07) is 9.51. The van der Waals surface area contributed by atoms with Crippen molar-refractivity contribution in [2.75, 3.05) is 6.61 Å². The molecule has 1 aliphatic rings. The minimum Gasteiger partial charge on any atom is -0.482 e. The zero-order valence-electron chi connectivity index (χ0n) is 11.6. The van der Waals surface area contributed by atoms with Gasteiger partial charge < -0.3 is 14.9 Å². The Balaban J connectivity index is 2.17.